The molecule has 0 aromatic heterocycles. The molecule has 36 heavy (non-hydrogen) atoms. The third-order valence-electron chi connectivity index (χ3n) is 12.1. The largest absolute Gasteiger partial charge is 0.459 e. The van der Waals surface area contributed by atoms with Crippen LogP contribution in [0.15, 0.2) is 12.2 Å². The van der Waals surface area contributed by atoms with Gasteiger partial charge in [-0.2, -0.15) is 0 Å². The summed E-state index contributed by atoms with van der Waals surface area (Å²) in [6.45, 7) is 9.21. The molecule has 2 saturated heterocycles. The Labute approximate surface area is 212 Å². The number of carbonyl (C=O) groups excluding carboxylic acids is 2. The Morgan fingerprint density at radius 3 is 2.47 bits per heavy atom. The van der Waals surface area contributed by atoms with Gasteiger partial charge in [-0.3, -0.25) is 9.59 Å². The minimum atomic E-state index is -1.68. The number of epoxide rings is 1. The van der Waals surface area contributed by atoms with Crippen molar-refractivity contribution in [3.8, 4) is 0 Å². The fourth-order valence-corrected chi connectivity index (χ4v) is 9.98. The molecule has 6 rings (SSSR count). The number of hydrogen-bond donors (Lipinski definition) is 4. The summed E-state index contributed by atoms with van der Waals surface area (Å²) in [5.74, 6) is -1.52. The number of cyclic esters (lactones) is 1. The summed E-state index contributed by atoms with van der Waals surface area (Å²) in [6.07, 6.45) is 1.57. The highest BCUT2D eigenvalue weighted by Crippen LogP contribution is 2.73. The van der Waals surface area contributed by atoms with Gasteiger partial charge < -0.3 is 29.9 Å². The topological polar surface area (TPSA) is 137 Å². The Balaban J connectivity index is 1.32. The molecule has 200 valence electrons. The van der Waals surface area contributed by atoms with Crippen LogP contribution in [0.4, 0.5) is 0 Å². The smallest absolute Gasteiger partial charge is 0.309 e. The quantitative estimate of drug-likeness (QED) is 0.334. The predicted octanol–water partition coefficient (Wildman–Crippen LogP) is 1.37. The lowest BCUT2D eigenvalue weighted by Crippen LogP contribution is -2.64. The Morgan fingerprint density at radius 1 is 1.14 bits per heavy atom. The molecule has 0 aromatic rings. The summed E-state index contributed by atoms with van der Waals surface area (Å²) in [5, 5.41) is 45.5. The molecule has 0 bridgehead atoms. The molecule has 4 N–H and O–H groups in total. The van der Waals surface area contributed by atoms with Gasteiger partial charge in [-0.1, -0.05) is 20.8 Å². The van der Waals surface area contributed by atoms with Crippen molar-refractivity contribution in [2.24, 2.45) is 46.3 Å². The number of ether oxygens (including phenoxy) is 2. The van der Waals surface area contributed by atoms with Gasteiger partial charge in [0, 0.05) is 11.8 Å². The van der Waals surface area contributed by atoms with Crippen LogP contribution in [0.5, 0.6) is 0 Å². The van der Waals surface area contributed by atoms with Crippen molar-refractivity contribution in [2.75, 3.05) is 0 Å². The van der Waals surface area contributed by atoms with E-state index in [0.29, 0.717) is 25.7 Å². The third kappa shape index (κ3) is 2.73. The lowest BCUT2D eigenvalue weighted by atomic mass is 9.44. The van der Waals surface area contributed by atoms with Crippen molar-refractivity contribution in [1.82, 2.24) is 0 Å². The van der Waals surface area contributed by atoms with E-state index in [9.17, 15) is 30.0 Å². The van der Waals surface area contributed by atoms with Crippen LogP contribution >= 0.6 is 0 Å². The Kier molecular flexibility index (Phi) is 5.14. The molecule has 8 heteroatoms. The SMILES string of the molecule is CC1C(=O)OC(C(O)C(C)(O)C2C(O)CC3C4CC5OC56C(O)C=CC(=O)C6(C)C4CCC32C)C1C. The van der Waals surface area contributed by atoms with Crippen molar-refractivity contribution < 1.29 is 39.5 Å². The molecule has 6 aliphatic rings. The average Bonchev–Trinajstić information content (AvgIpc) is 3.41. The number of allylic oxidation sites excluding steroid dienone is 1. The van der Waals surface area contributed by atoms with Crippen LogP contribution in [0, 0.1) is 46.3 Å². The monoisotopic (exact) mass is 504 g/mol. The van der Waals surface area contributed by atoms with Gasteiger partial charge in [-0.15, -0.1) is 0 Å². The van der Waals surface area contributed by atoms with Gasteiger partial charge in [0.05, 0.1) is 29.1 Å². The third-order valence-corrected chi connectivity index (χ3v) is 12.1. The molecule has 8 nitrogen and oxygen atoms in total. The van der Waals surface area contributed by atoms with Crippen molar-refractivity contribution in [3.63, 3.8) is 0 Å². The fraction of sp³-hybridized carbons (Fsp3) is 0.857. The van der Waals surface area contributed by atoms with Crippen LogP contribution in [0.2, 0.25) is 0 Å². The van der Waals surface area contributed by atoms with E-state index in [1.54, 1.807) is 19.9 Å². The summed E-state index contributed by atoms with van der Waals surface area (Å²) in [7, 11) is 0. The van der Waals surface area contributed by atoms with Gasteiger partial charge in [-0.25, -0.2) is 0 Å². The molecule has 2 heterocycles. The molecule has 15 unspecified atom stereocenters. The minimum absolute atomic E-state index is 0.00101. The number of aliphatic hydroxyl groups is 4. The van der Waals surface area contributed by atoms with E-state index < -0.39 is 52.4 Å². The minimum Gasteiger partial charge on any atom is -0.459 e. The second-order valence-corrected chi connectivity index (χ2v) is 13.4. The van der Waals surface area contributed by atoms with Crippen molar-refractivity contribution in [2.45, 2.75) is 102 Å². The lowest BCUT2D eigenvalue weighted by Gasteiger charge is -2.58. The number of rotatable bonds is 3. The Morgan fingerprint density at radius 2 is 1.83 bits per heavy atom. The second-order valence-electron chi connectivity index (χ2n) is 13.4. The number of esters is 1. The maximum absolute atomic E-state index is 13.3. The molecule has 5 fully saturated rings. The van der Waals surface area contributed by atoms with Crippen LogP contribution < -0.4 is 0 Å². The maximum atomic E-state index is 13.3. The summed E-state index contributed by atoms with van der Waals surface area (Å²) < 4.78 is 11.6. The first-order valence-corrected chi connectivity index (χ1v) is 13.6. The number of fused-ring (bicyclic) bond motifs is 4. The van der Waals surface area contributed by atoms with E-state index >= 15 is 0 Å². The van der Waals surface area contributed by atoms with Crippen molar-refractivity contribution in [3.05, 3.63) is 12.2 Å². The second kappa shape index (κ2) is 7.41. The molecule has 1 spiro atoms. The highest BCUT2D eigenvalue weighted by molar-refractivity contribution is 5.98. The van der Waals surface area contributed by atoms with Gasteiger partial charge in [0.2, 0.25) is 0 Å². The zero-order valence-corrected chi connectivity index (χ0v) is 21.8. The molecular weight excluding hydrogens is 464 g/mol. The van der Waals surface area contributed by atoms with E-state index in [0.717, 1.165) is 0 Å². The molecule has 0 aromatic carbocycles. The van der Waals surface area contributed by atoms with E-state index in [2.05, 4.69) is 6.92 Å². The normalized spacial score (nSPS) is 57.7. The molecule has 3 saturated carbocycles. The van der Waals surface area contributed by atoms with Crippen molar-refractivity contribution >= 4 is 11.8 Å². The molecule has 2 aliphatic heterocycles. The molecule has 15 atom stereocenters. The molecule has 0 amide bonds. The molecular formula is C28H40O8. The van der Waals surface area contributed by atoms with Gasteiger partial charge in [0.25, 0.3) is 0 Å². The number of ketones is 1. The van der Waals surface area contributed by atoms with Gasteiger partial charge in [-0.05, 0) is 74.9 Å². The van der Waals surface area contributed by atoms with Crippen LogP contribution in [0.25, 0.3) is 0 Å². The first kappa shape index (κ1) is 25.0. The standard InChI is InChI=1S/C28H40O8/c1-12-13(2)24(33)35-21(12)23(32)27(5,34)22-17(29)11-16-14-10-20-28(36-20)19(31)7-6-18(30)26(28,4)15(14)8-9-25(16,22)3/h6-7,12-17,19-23,29,31-32,34H,8-11H2,1-5H3. The van der Waals surface area contributed by atoms with E-state index in [1.807, 2.05) is 13.8 Å². The Hall–Kier alpha value is -1.32. The first-order chi connectivity index (χ1) is 16.7. The van der Waals surface area contributed by atoms with Gasteiger partial charge >= 0.3 is 5.97 Å². The fourth-order valence-electron chi connectivity index (χ4n) is 9.98. The average molecular weight is 505 g/mol. The van der Waals surface area contributed by atoms with Crippen molar-refractivity contribution in [1.29, 1.82) is 0 Å². The molecule has 4 aliphatic carbocycles. The zero-order valence-electron chi connectivity index (χ0n) is 21.8. The predicted molar refractivity (Wildman–Crippen MR) is 127 cm³/mol. The highest BCUT2D eigenvalue weighted by atomic mass is 16.6. The van der Waals surface area contributed by atoms with Crippen LogP contribution in [0.1, 0.15) is 60.3 Å². The number of hydrogen-bond acceptors (Lipinski definition) is 8. The molecule has 0 radical (unpaired) electrons. The summed E-state index contributed by atoms with van der Waals surface area (Å²) in [6, 6.07) is 0. The number of aliphatic hydroxyl groups excluding tert-OH is 3. The summed E-state index contributed by atoms with van der Waals surface area (Å²) in [5.41, 5.74) is -3.85. The summed E-state index contributed by atoms with van der Waals surface area (Å²) in [4.78, 5) is 25.5. The van der Waals surface area contributed by atoms with E-state index in [1.165, 1.54) is 6.08 Å². The van der Waals surface area contributed by atoms with Crippen LogP contribution in [-0.2, 0) is 19.1 Å². The number of carbonyl (C=O) groups is 2. The van der Waals surface area contributed by atoms with Crippen LogP contribution in [-0.4, -0.2) is 73.9 Å². The van der Waals surface area contributed by atoms with E-state index in [4.69, 9.17) is 9.47 Å². The van der Waals surface area contributed by atoms with Gasteiger partial charge in [0.1, 0.15) is 23.9 Å². The van der Waals surface area contributed by atoms with Gasteiger partial charge in [0.15, 0.2) is 5.78 Å². The summed E-state index contributed by atoms with van der Waals surface area (Å²) >= 11 is 0. The first-order valence-electron chi connectivity index (χ1n) is 13.6. The van der Waals surface area contributed by atoms with Crippen LogP contribution in [0.3, 0.4) is 0 Å². The Bertz CT molecular complexity index is 1020. The zero-order chi connectivity index (χ0) is 26.2. The van der Waals surface area contributed by atoms with E-state index in [-0.39, 0.29) is 47.4 Å². The maximum Gasteiger partial charge on any atom is 0.309 e. The highest BCUT2D eigenvalue weighted by Gasteiger charge is 2.80. The lowest BCUT2D eigenvalue weighted by molar-refractivity contribution is -0.199.